The summed E-state index contributed by atoms with van der Waals surface area (Å²) in [6.07, 6.45) is 3.18. The zero-order valence-electron chi connectivity index (χ0n) is 6.46. The molecule has 0 amide bonds. The molecule has 11 heavy (non-hydrogen) atoms. The molecule has 0 bridgehead atoms. The number of hydrogen-bond acceptors (Lipinski definition) is 5. The van der Waals surface area contributed by atoms with Crippen LogP contribution in [0.25, 0.3) is 0 Å². The summed E-state index contributed by atoms with van der Waals surface area (Å²) >= 11 is 0. The average Bonchev–Trinajstić information content (AvgIpc) is 2.07. The van der Waals surface area contributed by atoms with Crippen LogP contribution in [0.4, 0.5) is 5.95 Å². The molecule has 1 aromatic rings. The van der Waals surface area contributed by atoms with E-state index < -0.39 is 0 Å². The summed E-state index contributed by atoms with van der Waals surface area (Å²) in [6.45, 7) is 0. The van der Waals surface area contributed by atoms with Crippen molar-refractivity contribution < 1.29 is 4.74 Å². The van der Waals surface area contributed by atoms with E-state index in [1.54, 1.807) is 26.6 Å². The lowest BCUT2D eigenvalue weighted by atomic mass is 10.6. The van der Waals surface area contributed by atoms with Crippen LogP contribution in [0.2, 0.25) is 0 Å². The molecule has 60 valence electrons. The Bertz CT molecular complexity index is 210. The first-order valence-electron chi connectivity index (χ1n) is 3.15. The number of aromatic nitrogens is 2. The van der Waals surface area contributed by atoms with Crippen LogP contribution in [0.15, 0.2) is 12.4 Å². The Balaban J connectivity index is 2.66. The molecule has 2 N–H and O–H groups in total. The molecule has 0 spiro atoms. The van der Waals surface area contributed by atoms with Gasteiger partial charge in [-0.25, -0.2) is 15.4 Å². The molecule has 0 radical (unpaired) electrons. The van der Waals surface area contributed by atoms with E-state index in [0.29, 0.717) is 11.7 Å². The molecule has 1 rings (SSSR count). The fourth-order valence-corrected chi connectivity index (χ4v) is 0.598. The quantitative estimate of drug-likeness (QED) is 0.601. The van der Waals surface area contributed by atoms with Crippen LogP contribution in [0.3, 0.4) is 0 Å². The van der Waals surface area contributed by atoms with Crippen LogP contribution < -0.4 is 15.6 Å². The summed E-state index contributed by atoms with van der Waals surface area (Å²) in [7, 11) is 3.32. The SMILES string of the molecule is CNNc1ncc(OC)cn1. The first-order valence-corrected chi connectivity index (χ1v) is 3.15. The zero-order valence-corrected chi connectivity index (χ0v) is 6.46. The third-order valence-corrected chi connectivity index (χ3v) is 1.10. The number of anilines is 1. The lowest BCUT2D eigenvalue weighted by Crippen LogP contribution is -2.16. The van der Waals surface area contributed by atoms with E-state index in [-0.39, 0.29) is 0 Å². The zero-order chi connectivity index (χ0) is 8.10. The van der Waals surface area contributed by atoms with Crippen molar-refractivity contribution >= 4 is 5.95 Å². The van der Waals surface area contributed by atoms with Crippen LogP contribution in [0.1, 0.15) is 0 Å². The van der Waals surface area contributed by atoms with E-state index in [4.69, 9.17) is 4.74 Å². The molecule has 0 aliphatic rings. The molecule has 1 aromatic heterocycles. The van der Waals surface area contributed by atoms with Gasteiger partial charge in [0.05, 0.1) is 19.5 Å². The molecule has 5 nitrogen and oxygen atoms in total. The predicted octanol–water partition coefficient (Wildman–Crippen LogP) is 0.0315. The number of hydrazine groups is 1. The van der Waals surface area contributed by atoms with Crippen molar-refractivity contribution in [3.05, 3.63) is 12.4 Å². The summed E-state index contributed by atoms with van der Waals surface area (Å²) in [5.74, 6) is 1.17. The van der Waals surface area contributed by atoms with Gasteiger partial charge in [0.1, 0.15) is 0 Å². The Hall–Kier alpha value is -1.36. The Morgan fingerprint density at radius 3 is 2.45 bits per heavy atom. The largest absolute Gasteiger partial charge is 0.494 e. The number of rotatable bonds is 3. The molecule has 1 heterocycles. The highest BCUT2D eigenvalue weighted by molar-refractivity contribution is 5.25. The van der Waals surface area contributed by atoms with E-state index >= 15 is 0 Å². The van der Waals surface area contributed by atoms with Crippen molar-refractivity contribution in [2.75, 3.05) is 19.6 Å². The molecule has 0 aromatic carbocycles. The van der Waals surface area contributed by atoms with Crippen LogP contribution in [0, 0.1) is 0 Å². The van der Waals surface area contributed by atoms with Crippen LogP contribution in [-0.4, -0.2) is 24.1 Å². The minimum absolute atomic E-state index is 0.522. The summed E-state index contributed by atoms with van der Waals surface area (Å²) < 4.78 is 4.87. The molecule has 5 heteroatoms. The smallest absolute Gasteiger partial charge is 0.237 e. The van der Waals surface area contributed by atoms with E-state index in [0.717, 1.165) is 0 Å². The molecule has 0 aliphatic carbocycles. The second-order valence-electron chi connectivity index (χ2n) is 1.82. The van der Waals surface area contributed by atoms with Gasteiger partial charge in [0.2, 0.25) is 5.95 Å². The second-order valence-corrected chi connectivity index (χ2v) is 1.82. The third kappa shape index (κ3) is 2.05. The highest BCUT2D eigenvalue weighted by Gasteiger charge is 1.93. The van der Waals surface area contributed by atoms with Crippen molar-refractivity contribution in [2.24, 2.45) is 0 Å². The van der Waals surface area contributed by atoms with Gasteiger partial charge in [-0.05, 0) is 0 Å². The fourth-order valence-electron chi connectivity index (χ4n) is 0.598. The van der Waals surface area contributed by atoms with E-state index in [1.165, 1.54) is 0 Å². The first-order chi connectivity index (χ1) is 5.36. The Morgan fingerprint density at radius 1 is 1.36 bits per heavy atom. The standard InChI is InChI=1S/C6H10N4O/c1-7-10-6-8-3-5(11-2)4-9-6/h3-4,7H,1-2H3,(H,8,9,10). The molecule has 0 saturated carbocycles. The maximum Gasteiger partial charge on any atom is 0.237 e. The molecular weight excluding hydrogens is 144 g/mol. The van der Waals surface area contributed by atoms with Gasteiger partial charge in [-0.2, -0.15) is 0 Å². The summed E-state index contributed by atoms with van der Waals surface area (Å²) in [5, 5.41) is 0. The van der Waals surface area contributed by atoms with Gasteiger partial charge in [0.25, 0.3) is 0 Å². The van der Waals surface area contributed by atoms with Gasteiger partial charge in [0, 0.05) is 7.05 Å². The number of nitrogens with zero attached hydrogens (tertiary/aromatic N) is 2. The summed E-state index contributed by atoms with van der Waals surface area (Å²) in [4.78, 5) is 7.86. The van der Waals surface area contributed by atoms with Gasteiger partial charge in [-0.1, -0.05) is 0 Å². The Kier molecular flexibility index (Phi) is 2.62. The highest BCUT2D eigenvalue weighted by atomic mass is 16.5. The average molecular weight is 154 g/mol. The van der Waals surface area contributed by atoms with Gasteiger partial charge in [-0.15, -0.1) is 0 Å². The lowest BCUT2D eigenvalue weighted by molar-refractivity contribution is 0.411. The molecule has 0 atom stereocenters. The van der Waals surface area contributed by atoms with Crippen LogP contribution >= 0.6 is 0 Å². The van der Waals surface area contributed by atoms with E-state index in [1.807, 2.05) is 0 Å². The monoisotopic (exact) mass is 154 g/mol. The number of hydrogen-bond donors (Lipinski definition) is 2. The molecule has 0 aliphatic heterocycles. The maximum absolute atomic E-state index is 4.87. The topological polar surface area (TPSA) is 59.1 Å². The van der Waals surface area contributed by atoms with Crippen molar-refractivity contribution in [3.8, 4) is 5.75 Å². The second kappa shape index (κ2) is 3.72. The normalized spacial score (nSPS) is 9.27. The van der Waals surface area contributed by atoms with Gasteiger partial charge >= 0.3 is 0 Å². The van der Waals surface area contributed by atoms with E-state index in [2.05, 4.69) is 20.8 Å². The number of nitrogens with one attached hydrogen (secondary N) is 2. The van der Waals surface area contributed by atoms with Crippen molar-refractivity contribution in [1.29, 1.82) is 0 Å². The van der Waals surface area contributed by atoms with E-state index in [9.17, 15) is 0 Å². The summed E-state index contributed by atoms with van der Waals surface area (Å²) in [6, 6.07) is 0. The number of ether oxygens (including phenoxy) is 1. The predicted molar refractivity (Wildman–Crippen MR) is 41.3 cm³/mol. The fraction of sp³-hybridized carbons (Fsp3) is 0.333. The van der Waals surface area contributed by atoms with Crippen molar-refractivity contribution in [3.63, 3.8) is 0 Å². The first kappa shape index (κ1) is 7.74. The molecule has 0 saturated heterocycles. The van der Waals surface area contributed by atoms with Crippen LogP contribution in [-0.2, 0) is 0 Å². The minimum atomic E-state index is 0.522. The van der Waals surface area contributed by atoms with Gasteiger partial charge in [0.15, 0.2) is 5.75 Å². The molecule has 0 fully saturated rings. The highest BCUT2D eigenvalue weighted by Crippen LogP contribution is 2.05. The molecular formula is C6H10N4O. The minimum Gasteiger partial charge on any atom is -0.494 e. The summed E-state index contributed by atoms with van der Waals surface area (Å²) in [5.41, 5.74) is 5.44. The Labute approximate surface area is 64.8 Å². The third-order valence-electron chi connectivity index (χ3n) is 1.10. The van der Waals surface area contributed by atoms with Crippen LogP contribution in [0.5, 0.6) is 5.75 Å². The Morgan fingerprint density at radius 2 is 2.00 bits per heavy atom. The maximum atomic E-state index is 4.87. The lowest BCUT2D eigenvalue weighted by Gasteiger charge is -2.01. The van der Waals surface area contributed by atoms with Crippen molar-refractivity contribution in [2.45, 2.75) is 0 Å². The number of methoxy groups -OCH3 is 1. The van der Waals surface area contributed by atoms with Gasteiger partial charge < -0.3 is 4.74 Å². The van der Waals surface area contributed by atoms with Crippen molar-refractivity contribution in [1.82, 2.24) is 15.4 Å². The van der Waals surface area contributed by atoms with Gasteiger partial charge in [-0.3, -0.25) is 5.43 Å². The molecule has 0 unspecified atom stereocenters.